The van der Waals surface area contributed by atoms with Crippen molar-refractivity contribution in [3.8, 4) is 67.3 Å². The summed E-state index contributed by atoms with van der Waals surface area (Å²) in [6.45, 7) is -0.0959. The van der Waals surface area contributed by atoms with Gasteiger partial charge >= 0.3 is 0 Å². The van der Waals surface area contributed by atoms with E-state index >= 15 is 0 Å². The first-order chi connectivity index (χ1) is 30.3. The van der Waals surface area contributed by atoms with Crippen LogP contribution < -0.4 is 16.4 Å². The number of rotatable bonds is 1. The van der Waals surface area contributed by atoms with Crippen molar-refractivity contribution < 1.29 is 8.83 Å². The molecule has 9 aromatic carbocycles. The largest absolute Gasteiger partial charge is 0.456 e. The number of hydrogen-bond donors (Lipinski definition) is 0. The molecule has 6 nitrogen and oxygen atoms in total. The lowest BCUT2D eigenvalue weighted by atomic mass is 9.34. The molecule has 0 fully saturated rings. The van der Waals surface area contributed by atoms with Crippen molar-refractivity contribution >= 4 is 99.6 Å². The van der Waals surface area contributed by atoms with E-state index in [1.807, 2.05) is 0 Å². The van der Waals surface area contributed by atoms with Gasteiger partial charge in [-0.25, -0.2) is 9.36 Å². The molecule has 61 heavy (non-hydrogen) atoms. The normalized spacial score (nSPS) is 13.5. The van der Waals surface area contributed by atoms with E-state index in [0.29, 0.717) is 0 Å². The summed E-state index contributed by atoms with van der Waals surface area (Å²) in [7, 11) is 0. The summed E-state index contributed by atoms with van der Waals surface area (Å²) in [5, 5.41) is 20.9. The number of benzene rings is 9. The maximum absolute atomic E-state index is 6.53. The van der Waals surface area contributed by atoms with Gasteiger partial charge in [0.1, 0.15) is 33.7 Å². The van der Waals surface area contributed by atoms with Gasteiger partial charge in [-0.3, -0.25) is 0 Å². The van der Waals surface area contributed by atoms with Gasteiger partial charge in [0, 0.05) is 54.4 Å². The Morgan fingerprint density at radius 2 is 0.836 bits per heavy atom. The monoisotopic (exact) mass is 772 g/mol. The Morgan fingerprint density at radius 3 is 1.39 bits per heavy atom. The third-order valence-corrected chi connectivity index (χ3v) is 14.4. The number of nitrogens with zero attached hydrogens (tertiary/aromatic N) is 4. The predicted molar refractivity (Wildman–Crippen MR) is 247 cm³/mol. The molecule has 0 unspecified atom stereocenters. The first-order valence-electron chi connectivity index (χ1n) is 21.0. The quantitative estimate of drug-likeness (QED) is 0.156. The molecular formula is C54H25BN4O2. The zero-order valence-electron chi connectivity index (χ0n) is 32.1. The SMILES string of the molecule is c1ccc(-c2c3c4c(c5ccccc25)-n2nc5c6c(ccc(c62)B4c2ccc4c6c(nn-3c26)-c2cccc3oc6cccc-4c6c23)-c2cccc3oc4cccc-5c4c23)cc1. The van der Waals surface area contributed by atoms with Crippen molar-refractivity contribution in [1.82, 2.24) is 19.6 Å². The Kier molecular flexibility index (Phi) is 4.82. The topological polar surface area (TPSA) is 61.9 Å². The lowest BCUT2D eigenvalue weighted by Gasteiger charge is -2.34. The van der Waals surface area contributed by atoms with Crippen molar-refractivity contribution in [2.24, 2.45) is 0 Å². The fourth-order valence-electron chi connectivity index (χ4n) is 12.3. The Hall–Kier alpha value is -8.16. The van der Waals surface area contributed by atoms with E-state index in [-0.39, 0.29) is 6.71 Å². The molecule has 4 aromatic heterocycles. The molecule has 2 aliphatic heterocycles. The van der Waals surface area contributed by atoms with Crippen LogP contribution in [0.5, 0.6) is 0 Å². The van der Waals surface area contributed by atoms with E-state index in [1.54, 1.807) is 0 Å². The maximum atomic E-state index is 6.53. The van der Waals surface area contributed by atoms with Gasteiger partial charge in [0.15, 0.2) is 0 Å². The van der Waals surface area contributed by atoms with Crippen molar-refractivity contribution in [3.63, 3.8) is 0 Å². The molecule has 276 valence electrons. The minimum absolute atomic E-state index is 0.0959. The number of aromatic nitrogens is 4. The van der Waals surface area contributed by atoms with E-state index in [1.165, 1.54) is 65.8 Å². The minimum atomic E-state index is -0.0959. The zero-order chi connectivity index (χ0) is 39.0. The van der Waals surface area contributed by atoms with E-state index in [2.05, 4.69) is 161 Å². The first-order valence-corrected chi connectivity index (χ1v) is 21.0. The summed E-state index contributed by atoms with van der Waals surface area (Å²) >= 11 is 0. The highest BCUT2D eigenvalue weighted by molar-refractivity contribution is 7.00. The Bertz CT molecular complexity index is 4300. The van der Waals surface area contributed by atoms with Crippen LogP contribution in [0.15, 0.2) is 160 Å². The highest BCUT2D eigenvalue weighted by atomic mass is 16.3. The molecule has 0 atom stereocenters. The van der Waals surface area contributed by atoms with Crippen LogP contribution in [-0.4, -0.2) is 26.3 Å². The van der Waals surface area contributed by atoms with Gasteiger partial charge in [0.2, 0.25) is 0 Å². The number of hydrogen-bond acceptors (Lipinski definition) is 4. The van der Waals surface area contributed by atoms with Crippen LogP contribution >= 0.6 is 0 Å². The summed E-state index contributed by atoms with van der Waals surface area (Å²) < 4.78 is 17.7. The number of fused-ring (bicyclic) bond motifs is 10. The molecule has 17 rings (SSSR count). The number of furan rings is 2. The molecule has 0 saturated heterocycles. The maximum Gasteiger partial charge on any atom is 0.252 e. The summed E-state index contributed by atoms with van der Waals surface area (Å²) in [6.07, 6.45) is 0. The molecule has 13 aromatic rings. The highest BCUT2D eigenvalue weighted by Crippen LogP contribution is 2.53. The smallest absolute Gasteiger partial charge is 0.252 e. The van der Waals surface area contributed by atoms with E-state index in [0.717, 1.165) is 94.4 Å². The minimum Gasteiger partial charge on any atom is -0.456 e. The van der Waals surface area contributed by atoms with E-state index < -0.39 is 0 Å². The van der Waals surface area contributed by atoms with Gasteiger partial charge in [0.05, 0.1) is 22.4 Å². The molecule has 6 heterocycles. The molecule has 0 radical (unpaired) electrons. The lowest BCUT2D eigenvalue weighted by Crippen LogP contribution is -2.59. The van der Waals surface area contributed by atoms with Gasteiger partial charge in [-0.05, 0) is 73.9 Å². The second-order valence-electron chi connectivity index (χ2n) is 17.1. The van der Waals surface area contributed by atoms with Crippen molar-refractivity contribution in [2.75, 3.05) is 0 Å². The van der Waals surface area contributed by atoms with Crippen LogP contribution in [0.4, 0.5) is 0 Å². The van der Waals surface area contributed by atoms with Gasteiger partial charge in [0.25, 0.3) is 6.71 Å². The average Bonchev–Trinajstić information content (AvgIpc) is 4.07. The highest BCUT2D eigenvalue weighted by Gasteiger charge is 2.45. The second kappa shape index (κ2) is 9.82. The molecule has 0 N–H and O–H groups in total. The summed E-state index contributed by atoms with van der Waals surface area (Å²) in [4.78, 5) is 0. The molecular weight excluding hydrogens is 747 g/mol. The van der Waals surface area contributed by atoms with Gasteiger partial charge < -0.3 is 8.83 Å². The molecule has 2 aliphatic carbocycles. The van der Waals surface area contributed by atoms with Crippen molar-refractivity contribution in [1.29, 1.82) is 0 Å². The van der Waals surface area contributed by atoms with Crippen molar-refractivity contribution in [2.45, 2.75) is 0 Å². The van der Waals surface area contributed by atoms with Crippen LogP contribution in [0, 0.1) is 0 Å². The van der Waals surface area contributed by atoms with Gasteiger partial charge in [-0.2, -0.15) is 10.2 Å². The zero-order valence-corrected chi connectivity index (χ0v) is 32.1. The third-order valence-electron chi connectivity index (χ3n) is 14.4. The fraction of sp³-hybridized carbons (Fsp3) is 0. The Morgan fingerprint density at radius 1 is 0.377 bits per heavy atom. The standard InChI is InChI=1S/C54H25BN4O2/c1-2-10-26(11-3-1)41-29-12-4-5-13-32(29)51-48-54(41)59-53-36(25-23-31-28-15-7-19-38-43(28)45-34(50(57-59)47(31)53)17-9-21-40(45)61-38)55(48)35-24-22-30-27-14-6-18-37-42(27)44-33(16-8-20-39(44)60-37)49-46(30)52(35)58(51)56-49/h1-25H. The molecule has 7 heteroatoms. The van der Waals surface area contributed by atoms with Crippen molar-refractivity contribution in [3.05, 3.63) is 152 Å². The first kappa shape index (κ1) is 30.0. The van der Waals surface area contributed by atoms with E-state index in [9.17, 15) is 0 Å². The average molecular weight is 773 g/mol. The molecule has 0 spiro atoms. The molecule has 0 bridgehead atoms. The van der Waals surface area contributed by atoms with Crippen LogP contribution in [-0.2, 0) is 0 Å². The van der Waals surface area contributed by atoms with Gasteiger partial charge in [-0.15, -0.1) is 0 Å². The van der Waals surface area contributed by atoms with Crippen LogP contribution in [0.25, 0.3) is 144 Å². The third kappa shape index (κ3) is 3.19. The Balaban J connectivity index is 1.10. The van der Waals surface area contributed by atoms with Crippen LogP contribution in [0.3, 0.4) is 0 Å². The Labute approximate surface area is 345 Å². The molecule has 0 saturated carbocycles. The lowest BCUT2D eigenvalue weighted by molar-refractivity contribution is 0.668. The summed E-state index contributed by atoms with van der Waals surface area (Å²) in [6, 6.07) is 55.1. The molecule has 4 aliphatic rings. The molecule has 0 amide bonds. The summed E-state index contributed by atoms with van der Waals surface area (Å²) in [5.41, 5.74) is 23.1. The van der Waals surface area contributed by atoms with E-state index in [4.69, 9.17) is 19.0 Å². The van der Waals surface area contributed by atoms with Gasteiger partial charge in [-0.1, -0.05) is 127 Å². The summed E-state index contributed by atoms with van der Waals surface area (Å²) in [5.74, 6) is 0. The van der Waals surface area contributed by atoms with Crippen LogP contribution in [0.2, 0.25) is 0 Å². The predicted octanol–water partition coefficient (Wildman–Crippen LogP) is 11.4. The fourth-order valence-corrected chi connectivity index (χ4v) is 12.3. The van der Waals surface area contributed by atoms with Crippen LogP contribution in [0.1, 0.15) is 0 Å². The second-order valence-corrected chi connectivity index (χ2v) is 17.1.